The van der Waals surface area contributed by atoms with Crippen molar-refractivity contribution in [2.24, 2.45) is 0 Å². The van der Waals surface area contributed by atoms with Crippen LogP contribution in [0.15, 0.2) is 46.9 Å². The van der Waals surface area contributed by atoms with Gasteiger partial charge < -0.3 is 9.47 Å². The number of hydrogen-bond acceptors (Lipinski definition) is 6. The molecule has 1 aliphatic heterocycles. The molecule has 30 heavy (non-hydrogen) atoms. The zero-order valence-electron chi connectivity index (χ0n) is 16.8. The predicted octanol–water partition coefficient (Wildman–Crippen LogP) is 4.44. The third-order valence-corrected chi connectivity index (χ3v) is 6.54. The fourth-order valence-corrected chi connectivity index (χ4v) is 4.65. The van der Waals surface area contributed by atoms with Crippen LogP contribution in [0.25, 0.3) is 10.2 Å². The van der Waals surface area contributed by atoms with Gasteiger partial charge in [0.15, 0.2) is 5.13 Å². The summed E-state index contributed by atoms with van der Waals surface area (Å²) in [4.78, 5) is 22.3. The van der Waals surface area contributed by atoms with Gasteiger partial charge >= 0.3 is 0 Å². The fourth-order valence-electron chi connectivity index (χ4n) is 3.36. The molecule has 0 unspecified atom stereocenters. The van der Waals surface area contributed by atoms with E-state index in [2.05, 4.69) is 20.8 Å². The van der Waals surface area contributed by atoms with Crippen molar-refractivity contribution in [3.8, 4) is 5.75 Å². The SMILES string of the molecule is CCOc1ccc2nc(N(CCN3CCOCC3)C(=O)c3ccc(Br)cc3)sc2c1. The maximum Gasteiger partial charge on any atom is 0.260 e. The molecular formula is C22H24BrN3O3S. The van der Waals surface area contributed by atoms with Crippen molar-refractivity contribution in [3.05, 3.63) is 52.5 Å². The summed E-state index contributed by atoms with van der Waals surface area (Å²) >= 11 is 4.96. The number of morpholine rings is 1. The molecule has 0 aliphatic carbocycles. The molecule has 2 heterocycles. The van der Waals surface area contributed by atoms with Gasteiger partial charge in [0, 0.05) is 36.2 Å². The third-order valence-electron chi connectivity index (χ3n) is 4.97. The Balaban J connectivity index is 1.62. The third kappa shape index (κ3) is 5.00. The number of amides is 1. The number of carbonyl (C=O) groups excluding carboxylic acids is 1. The minimum atomic E-state index is -0.0418. The molecule has 1 saturated heterocycles. The van der Waals surface area contributed by atoms with Crippen LogP contribution in [-0.2, 0) is 4.74 Å². The van der Waals surface area contributed by atoms with Crippen molar-refractivity contribution >= 4 is 48.5 Å². The highest BCUT2D eigenvalue weighted by Crippen LogP contribution is 2.32. The van der Waals surface area contributed by atoms with Crippen molar-refractivity contribution in [2.75, 3.05) is 50.9 Å². The van der Waals surface area contributed by atoms with E-state index >= 15 is 0 Å². The first-order valence-corrected chi connectivity index (χ1v) is 11.7. The van der Waals surface area contributed by atoms with Crippen LogP contribution in [0.1, 0.15) is 17.3 Å². The Labute approximate surface area is 188 Å². The monoisotopic (exact) mass is 489 g/mol. The van der Waals surface area contributed by atoms with E-state index < -0.39 is 0 Å². The first-order valence-electron chi connectivity index (χ1n) is 10.0. The molecule has 1 amide bonds. The van der Waals surface area contributed by atoms with Crippen molar-refractivity contribution in [2.45, 2.75) is 6.92 Å². The molecule has 158 valence electrons. The molecule has 2 aromatic carbocycles. The van der Waals surface area contributed by atoms with Crippen LogP contribution in [0.5, 0.6) is 5.75 Å². The average Bonchev–Trinajstić information content (AvgIpc) is 3.18. The first kappa shape index (κ1) is 21.2. The highest BCUT2D eigenvalue weighted by molar-refractivity contribution is 9.10. The summed E-state index contributed by atoms with van der Waals surface area (Å²) in [6, 6.07) is 13.3. The molecule has 0 bridgehead atoms. The molecule has 0 atom stereocenters. The number of halogens is 1. The first-order chi connectivity index (χ1) is 14.6. The fraction of sp³-hybridized carbons (Fsp3) is 0.364. The van der Waals surface area contributed by atoms with Crippen LogP contribution in [0.2, 0.25) is 0 Å². The summed E-state index contributed by atoms with van der Waals surface area (Å²) in [6.45, 7) is 7.19. The Morgan fingerprint density at radius 1 is 1.23 bits per heavy atom. The van der Waals surface area contributed by atoms with Gasteiger partial charge in [-0.15, -0.1) is 0 Å². The minimum Gasteiger partial charge on any atom is -0.494 e. The summed E-state index contributed by atoms with van der Waals surface area (Å²) in [6.07, 6.45) is 0. The van der Waals surface area contributed by atoms with Crippen molar-refractivity contribution in [3.63, 3.8) is 0 Å². The lowest BCUT2D eigenvalue weighted by Crippen LogP contribution is -2.43. The quantitative estimate of drug-likeness (QED) is 0.491. The highest BCUT2D eigenvalue weighted by Gasteiger charge is 2.23. The van der Waals surface area contributed by atoms with Gasteiger partial charge in [-0.1, -0.05) is 27.3 Å². The zero-order valence-corrected chi connectivity index (χ0v) is 19.2. The molecule has 0 radical (unpaired) electrons. The molecule has 0 saturated carbocycles. The maximum absolute atomic E-state index is 13.4. The summed E-state index contributed by atoms with van der Waals surface area (Å²) in [5.74, 6) is 0.777. The van der Waals surface area contributed by atoms with Crippen LogP contribution in [0.3, 0.4) is 0 Å². The van der Waals surface area contributed by atoms with E-state index in [-0.39, 0.29) is 5.91 Å². The standard InChI is InChI=1S/C22H24BrN3O3S/c1-2-29-18-7-8-19-20(15-18)30-22(24-19)26(10-9-25-11-13-28-14-12-25)21(27)16-3-5-17(23)6-4-16/h3-8,15H,2,9-14H2,1H3. The molecule has 0 N–H and O–H groups in total. The number of thiazole rings is 1. The number of hydrogen-bond donors (Lipinski definition) is 0. The normalized spacial score (nSPS) is 14.7. The number of fused-ring (bicyclic) bond motifs is 1. The van der Waals surface area contributed by atoms with Crippen LogP contribution in [0.4, 0.5) is 5.13 Å². The lowest BCUT2D eigenvalue weighted by atomic mass is 10.2. The number of aromatic nitrogens is 1. The lowest BCUT2D eigenvalue weighted by molar-refractivity contribution is 0.0391. The second kappa shape index (κ2) is 9.87. The summed E-state index contributed by atoms with van der Waals surface area (Å²) in [5.41, 5.74) is 1.52. The van der Waals surface area contributed by atoms with Crippen molar-refractivity contribution in [1.82, 2.24) is 9.88 Å². The second-order valence-corrected chi connectivity index (χ2v) is 8.90. The zero-order chi connectivity index (χ0) is 20.9. The molecule has 1 aliphatic rings. The van der Waals surface area contributed by atoms with Gasteiger partial charge in [0.2, 0.25) is 0 Å². The van der Waals surface area contributed by atoms with Crippen LogP contribution in [-0.4, -0.2) is 61.8 Å². The van der Waals surface area contributed by atoms with Gasteiger partial charge in [-0.25, -0.2) is 4.98 Å². The van der Waals surface area contributed by atoms with Gasteiger partial charge in [0.1, 0.15) is 5.75 Å². The number of carbonyl (C=O) groups is 1. The molecule has 4 rings (SSSR count). The Morgan fingerprint density at radius 3 is 2.73 bits per heavy atom. The van der Waals surface area contributed by atoms with Gasteiger partial charge in [-0.3, -0.25) is 14.6 Å². The Morgan fingerprint density at radius 2 is 2.00 bits per heavy atom. The largest absolute Gasteiger partial charge is 0.494 e. The number of rotatable bonds is 7. The van der Waals surface area contributed by atoms with E-state index in [1.54, 1.807) is 4.90 Å². The molecule has 0 spiro atoms. The van der Waals surface area contributed by atoms with E-state index in [9.17, 15) is 4.79 Å². The van der Waals surface area contributed by atoms with Gasteiger partial charge in [-0.2, -0.15) is 0 Å². The second-order valence-electron chi connectivity index (χ2n) is 6.98. The maximum atomic E-state index is 13.4. The summed E-state index contributed by atoms with van der Waals surface area (Å²) in [7, 11) is 0. The van der Waals surface area contributed by atoms with Crippen LogP contribution in [0, 0.1) is 0 Å². The molecule has 6 nitrogen and oxygen atoms in total. The van der Waals surface area contributed by atoms with Crippen molar-refractivity contribution < 1.29 is 14.3 Å². The number of ether oxygens (including phenoxy) is 2. The van der Waals surface area contributed by atoms with Gasteiger partial charge in [0.05, 0.1) is 30.0 Å². The lowest BCUT2D eigenvalue weighted by Gasteiger charge is -2.29. The van der Waals surface area contributed by atoms with Gasteiger partial charge in [0.25, 0.3) is 5.91 Å². The Kier molecular flexibility index (Phi) is 6.99. The highest BCUT2D eigenvalue weighted by atomic mass is 79.9. The number of nitrogens with zero attached hydrogens (tertiary/aromatic N) is 3. The predicted molar refractivity (Wildman–Crippen MR) is 124 cm³/mol. The molecule has 1 aromatic heterocycles. The van der Waals surface area contributed by atoms with Crippen molar-refractivity contribution in [1.29, 1.82) is 0 Å². The van der Waals surface area contributed by atoms with E-state index in [0.29, 0.717) is 23.8 Å². The minimum absolute atomic E-state index is 0.0418. The smallest absolute Gasteiger partial charge is 0.260 e. The Bertz CT molecular complexity index is 1000. The molecular weight excluding hydrogens is 466 g/mol. The van der Waals surface area contributed by atoms with Crippen LogP contribution >= 0.6 is 27.3 Å². The van der Waals surface area contributed by atoms with Gasteiger partial charge in [-0.05, 0) is 49.4 Å². The van der Waals surface area contributed by atoms with Crippen LogP contribution < -0.4 is 9.64 Å². The topological polar surface area (TPSA) is 54.9 Å². The average molecular weight is 490 g/mol. The molecule has 8 heteroatoms. The van der Waals surface area contributed by atoms with E-state index in [1.807, 2.05) is 49.4 Å². The molecule has 1 fully saturated rings. The number of anilines is 1. The molecule has 3 aromatic rings. The van der Waals surface area contributed by atoms with E-state index in [0.717, 1.165) is 53.3 Å². The van der Waals surface area contributed by atoms with E-state index in [4.69, 9.17) is 14.5 Å². The number of benzene rings is 2. The van der Waals surface area contributed by atoms with E-state index in [1.165, 1.54) is 11.3 Å². The Hall–Kier alpha value is -2.00. The summed E-state index contributed by atoms with van der Waals surface area (Å²) < 4.78 is 13.0. The summed E-state index contributed by atoms with van der Waals surface area (Å²) in [5, 5.41) is 0.708.